The molecule has 0 saturated carbocycles. The van der Waals surface area contributed by atoms with E-state index >= 15 is 0 Å². The third-order valence-corrected chi connectivity index (χ3v) is 6.09. The van der Waals surface area contributed by atoms with Gasteiger partial charge in [-0.05, 0) is 13.8 Å². The van der Waals surface area contributed by atoms with Gasteiger partial charge >= 0.3 is 0 Å². The van der Waals surface area contributed by atoms with Crippen LogP contribution in [0.15, 0.2) is 24.2 Å². The van der Waals surface area contributed by atoms with E-state index in [1.807, 2.05) is 19.9 Å². The van der Waals surface area contributed by atoms with Gasteiger partial charge in [0, 0.05) is 43.5 Å². The Morgan fingerprint density at radius 1 is 1.20 bits per heavy atom. The van der Waals surface area contributed by atoms with Crippen LogP contribution in [-0.2, 0) is 16.9 Å². The lowest BCUT2D eigenvalue weighted by Gasteiger charge is -2.30. The van der Waals surface area contributed by atoms with E-state index < -0.39 is 11.8 Å². The zero-order valence-electron chi connectivity index (χ0n) is 16.7. The molecular formula is C20H21FN8O. The average Bonchev–Trinajstić information content (AvgIpc) is 3.40. The quantitative estimate of drug-likeness (QED) is 0.688. The zero-order valence-corrected chi connectivity index (χ0v) is 16.7. The Morgan fingerprint density at radius 3 is 2.70 bits per heavy atom. The molecule has 3 aromatic heterocycles. The minimum Gasteiger partial charge on any atom is -0.368 e. The monoisotopic (exact) mass is 408 g/mol. The fourth-order valence-electron chi connectivity index (χ4n) is 4.57. The van der Waals surface area contributed by atoms with E-state index in [4.69, 9.17) is 25.4 Å². The second-order valence-electron chi connectivity index (χ2n) is 8.47. The van der Waals surface area contributed by atoms with Crippen molar-refractivity contribution >= 4 is 22.9 Å². The summed E-state index contributed by atoms with van der Waals surface area (Å²) in [4.78, 5) is 24.8. The smallest absolute Gasteiger partial charge is 0.219 e. The number of piperidine rings is 1. The standard InChI is InChI=1S/C20H21FN8O/c1-20(2)18-25-14-16(28(18)3-4-30-20)26-15(11-7-23-19(22)24-8-11)27-17(14)29-9-10-5-12(29)6-13(10)21/h5,7-8,10,13H,3-4,6,9H2,1-2H3,(H2,22,23,24)/t10?,13-/m1/s1. The first-order chi connectivity index (χ1) is 14.4. The molecule has 1 aliphatic carbocycles. The number of hydrogen-bond acceptors (Lipinski definition) is 8. The lowest BCUT2D eigenvalue weighted by molar-refractivity contribution is -0.0530. The summed E-state index contributed by atoms with van der Waals surface area (Å²) < 4.78 is 22.1. The van der Waals surface area contributed by atoms with Gasteiger partial charge in [-0.3, -0.25) is 0 Å². The molecular weight excluding hydrogens is 387 g/mol. The van der Waals surface area contributed by atoms with Gasteiger partial charge in [-0.15, -0.1) is 0 Å². The van der Waals surface area contributed by atoms with Crippen LogP contribution in [0.1, 0.15) is 26.1 Å². The maximum absolute atomic E-state index is 14.1. The number of fused-ring (bicyclic) bond motifs is 4. The highest BCUT2D eigenvalue weighted by Crippen LogP contribution is 2.42. The predicted octanol–water partition coefficient (Wildman–Crippen LogP) is 2.19. The first-order valence-corrected chi connectivity index (χ1v) is 10.0. The molecule has 0 fully saturated rings. The van der Waals surface area contributed by atoms with E-state index in [-0.39, 0.29) is 11.9 Å². The number of aromatic nitrogens is 6. The number of nitrogen functional groups attached to an aromatic ring is 1. The van der Waals surface area contributed by atoms with Gasteiger partial charge in [0.25, 0.3) is 0 Å². The summed E-state index contributed by atoms with van der Waals surface area (Å²) in [6, 6.07) is 0. The third-order valence-electron chi connectivity index (χ3n) is 6.09. The van der Waals surface area contributed by atoms with Gasteiger partial charge in [-0.25, -0.2) is 29.3 Å². The normalized spacial score (nSPS) is 24.4. The largest absolute Gasteiger partial charge is 0.368 e. The van der Waals surface area contributed by atoms with Crippen LogP contribution in [0, 0.1) is 5.92 Å². The number of imidazole rings is 1. The number of hydrogen-bond donors (Lipinski definition) is 1. The van der Waals surface area contributed by atoms with E-state index in [0.717, 1.165) is 17.2 Å². The molecule has 2 atom stereocenters. The van der Waals surface area contributed by atoms with Crippen LogP contribution in [0.4, 0.5) is 16.2 Å². The van der Waals surface area contributed by atoms with Crippen LogP contribution in [0.2, 0.25) is 0 Å². The molecule has 0 aromatic carbocycles. The van der Waals surface area contributed by atoms with Crippen LogP contribution >= 0.6 is 0 Å². The van der Waals surface area contributed by atoms with E-state index in [1.54, 1.807) is 12.4 Å². The second-order valence-corrected chi connectivity index (χ2v) is 8.47. The zero-order chi connectivity index (χ0) is 20.6. The Labute approximate surface area is 171 Å². The highest BCUT2D eigenvalue weighted by Gasteiger charge is 2.41. The van der Waals surface area contributed by atoms with E-state index in [0.29, 0.717) is 48.8 Å². The van der Waals surface area contributed by atoms with Crippen molar-refractivity contribution in [2.45, 2.75) is 38.6 Å². The number of nitrogens with zero attached hydrogens (tertiary/aromatic N) is 7. The minimum atomic E-state index is -0.818. The molecule has 0 spiro atoms. The van der Waals surface area contributed by atoms with E-state index in [1.165, 1.54) is 0 Å². The Hall–Kier alpha value is -3.14. The van der Waals surface area contributed by atoms with Crippen LogP contribution in [0.3, 0.4) is 0 Å². The lowest BCUT2D eigenvalue weighted by Crippen LogP contribution is -2.33. The van der Waals surface area contributed by atoms with Gasteiger partial charge in [0.1, 0.15) is 17.6 Å². The molecule has 3 aromatic rings. The summed E-state index contributed by atoms with van der Waals surface area (Å²) in [6.45, 7) is 5.79. The second kappa shape index (κ2) is 5.94. The van der Waals surface area contributed by atoms with Gasteiger partial charge in [0.05, 0.1) is 12.2 Å². The maximum Gasteiger partial charge on any atom is 0.219 e. The summed E-state index contributed by atoms with van der Waals surface area (Å²) >= 11 is 0. The van der Waals surface area contributed by atoms with Crippen molar-refractivity contribution in [3.63, 3.8) is 0 Å². The molecule has 2 aliphatic heterocycles. The first kappa shape index (κ1) is 17.7. The number of rotatable bonds is 2. The number of alkyl halides is 1. The topological polar surface area (TPSA) is 108 Å². The molecule has 0 saturated heterocycles. The Kier molecular flexibility index (Phi) is 3.51. The van der Waals surface area contributed by atoms with Gasteiger partial charge in [-0.1, -0.05) is 6.08 Å². The molecule has 1 unspecified atom stereocenters. The van der Waals surface area contributed by atoms with E-state index in [9.17, 15) is 4.39 Å². The number of allylic oxidation sites excluding steroid dienone is 1. The molecule has 5 heterocycles. The molecule has 0 amide bonds. The van der Waals surface area contributed by atoms with Gasteiger partial charge in [-0.2, -0.15) is 0 Å². The summed E-state index contributed by atoms with van der Waals surface area (Å²) in [5.41, 5.74) is 8.16. The molecule has 9 nitrogen and oxygen atoms in total. The number of nitrogens with two attached hydrogens (primary N) is 1. The molecule has 3 aliphatic rings. The maximum atomic E-state index is 14.1. The summed E-state index contributed by atoms with van der Waals surface area (Å²) in [7, 11) is 0. The van der Waals surface area contributed by atoms with Crippen molar-refractivity contribution in [1.29, 1.82) is 0 Å². The molecule has 154 valence electrons. The van der Waals surface area contributed by atoms with Crippen molar-refractivity contribution in [2.24, 2.45) is 5.92 Å². The van der Waals surface area contributed by atoms with Crippen molar-refractivity contribution < 1.29 is 9.13 Å². The predicted molar refractivity (Wildman–Crippen MR) is 108 cm³/mol. The number of halogens is 1. The number of anilines is 2. The minimum absolute atomic E-state index is 0.106. The Morgan fingerprint density at radius 2 is 2.00 bits per heavy atom. The SMILES string of the molecule is CC1(C)OCCn2c1nc1c(N3CC4C=C3C[C@H]4F)nc(-c3cnc(N)nc3)nc12. The van der Waals surface area contributed by atoms with Gasteiger partial charge in [0.2, 0.25) is 5.95 Å². The van der Waals surface area contributed by atoms with Crippen molar-refractivity contribution in [2.75, 3.05) is 23.8 Å². The fourth-order valence-corrected chi connectivity index (χ4v) is 4.57. The van der Waals surface area contributed by atoms with Gasteiger partial charge < -0.3 is 19.9 Å². The lowest BCUT2D eigenvalue weighted by atomic mass is 10.1. The third kappa shape index (κ3) is 2.46. The van der Waals surface area contributed by atoms with Crippen LogP contribution < -0.4 is 10.6 Å². The highest BCUT2D eigenvalue weighted by atomic mass is 19.1. The molecule has 10 heteroatoms. The van der Waals surface area contributed by atoms with Crippen molar-refractivity contribution in [3.8, 4) is 11.4 Å². The molecule has 2 N–H and O–H groups in total. The van der Waals surface area contributed by atoms with Crippen molar-refractivity contribution in [1.82, 2.24) is 29.5 Å². The van der Waals surface area contributed by atoms with Crippen LogP contribution in [0.5, 0.6) is 0 Å². The van der Waals surface area contributed by atoms with E-state index in [2.05, 4.69) is 19.4 Å². The summed E-state index contributed by atoms with van der Waals surface area (Å²) in [5.74, 6) is 2.07. The van der Waals surface area contributed by atoms with Crippen molar-refractivity contribution in [3.05, 3.63) is 30.0 Å². The molecule has 6 rings (SSSR count). The number of ether oxygens (including phenoxy) is 1. The Bertz CT molecular complexity index is 1200. The van der Waals surface area contributed by atoms with Gasteiger partial charge in [0.15, 0.2) is 22.8 Å². The first-order valence-electron chi connectivity index (χ1n) is 10.0. The van der Waals surface area contributed by atoms with Crippen LogP contribution in [0.25, 0.3) is 22.6 Å². The molecule has 2 bridgehead atoms. The summed E-state index contributed by atoms with van der Waals surface area (Å²) in [5, 5.41) is 0. The molecule has 0 radical (unpaired) electrons. The fraction of sp³-hybridized carbons (Fsp3) is 0.450. The average molecular weight is 408 g/mol. The Balaban J connectivity index is 1.58. The van der Waals surface area contributed by atoms with Crippen LogP contribution in [-0.4, -0.2) is 48.8 Å². The highest BCUT2D eigenvalue weighted by molar-refractivity contribution is 5.87. The molecule has 30 heavy (non-hydrogen) atoms. The summed E-state index contributed by atoms with van der Waals surface area (Å²) in [6.07, 6.45) is 4.81.